The van der Waals surface area contributed by atoms with Crippen molar-refractivity contribution in [1.82, 2.24) is 0 Å². The Kier molecular flexibility index (Phi) is 5.17. The van der Waals surface area contributed by atoms with Gasteiger partial charge in [0.25, 0.3) is 10.0 Å². The molecule has 3 nitrogen and oxygen atoms in total. The normalized spacial score (nSPS) is 12.5. The van der Waals surface area contributed by atoms with Gasteiger partial charge < -0.3 is 0 Å². The summed E-state index contributed by atoms with van der Waals surface area (Å²) in [6, 6.07) is 10.2. The summed E-state index contributed by atoms with van der Waals surface area (Å²) in [5.74, 6) is 0. The maximum atomic E-state index is 12.7. The number of anilines is 1. The largest absolute Gasteiger partial charge is 0.446 e. The molecule has 0 aliphatic rings. The Labute approximate surface area is 161 Å². The predicted molar refractivity (Wildman–Crippen MR) is 101 cm³/mol. The smallest absolute Gasteiger partial charge is 0.279 e. The van der Waals surface area contributed by atoms with Crippen LogP contribution >= 0.6 is 34.7 Å². The fourth-order valence-corrected chi connectivity index (χ4v) is 5.87. The molecule has 2 aromatic carbocycles. The molecule has 0 saturated carbocycles. The highest BCUT2D eigenvalue weighted by Crippen LogP contribution is 2.38. The molecule has 1 heterocycles. The van der Waals surface area contributed by atoms with Gasteiger partial charge in [-0.15, -0.1) is 11.3 Å². The molecule has 10 heteroatoms. The zero-order valence-electron chi connectivity index (χ0n) is 13.1. The standard InChI is InChI=1S/C16H11ClF3NO2S3/c1-9-13-8-10(17)2-7-14(13)24-15(9)26(22,23)21-11-3-5-12(6-4-11)25-16(18,19)20/h2-8,21H,1H3. The average Bonchev–Trinajstić information content (AvgIpc) is 2.85. The van der Waals surface area contributed by atoms with E-state index < -0.39 is 15.5 Å². The quantitative estimate of drug-likeness (QED) is 0.489. The Balaban J connectivity index is 1.88. The van der Waals surface area contributed by atoms with Crippen LogP contribution in [0.3, 0.4) is 0 Å². The molecule has 3 aromatic rings. The first-order valence-electron chi connectivity index (χ1n) is 7.12. The number of thioether (sulfide) groups is 1. The minimum absolute atomic E-state index is 0.0202. The van der Waals surface area contributed by atoms with Crippen molar-refractivity contribution < 1.29 is 21.6 Å². The van der Waals surface area contributed by atoms with Crippen LogP contribution in [0.1, 0.15) is 5.56 Å². The zero-order chi connectivity index (χ0) is 19.1. The van der Waals surface area contributed by atoms with Gasteiger partial charge in [0.05, 0.1) is 0 Å². The Morgan fingerprint density at radius 3 is 2.38 bits per heavy atom. The zero-order valence-corrected chi connectivity index (χ0v) is 16.3. The molecule has 0 atom stereocenters. The van der Waals surface area contributed by atoms with Gasteiger partial charge in [-0.05, 0) is 72.1 Å². The van der Waals surface area contributed by atoms with Gasteiger partial charge in [0, 0.05) is 20.3 Å². The molecule has 1 aromatic heterocycles. The minimum atomic E-state index is -4.39. The molecule has 0 bridgehead atoms. The molecule has 138 valence electrons. The Bertz CT molecular complexity index is 1060. The van der Waals surface area contributed by atoms with Crippen molar-refractivity contribution in [2.45, 2.75) is 21.5 Å². The van der Waals surface area contributed by atoms with Crippen LogP contribution in [0, 0.1) is 6.92 Å². The number of benzene rings is 2. The molecule has 0 saturated heterocycles. The van der Waals surface area contributed by atoms with Crippen molar-refractivity contribution in [3.63, 3.8) is 0 Å². The number of rotatable bonds is 4. The summed E-state index contributed by atoms with van der Waals surface area (Å²) >= 11 is 6.81. The van der Waals surface area contributed by atoms with Gasteiger partial charge in [0.2, 0.25) is 0 Å². The SMILES string of the molecule is Cc1c(S(=O)(=O)Nc2ccc(SC(F)(F)F)cc2)sc2ccc(Cl)cc12. The third-order valence-electron chi connectivity index (χ3n) is 3.44. The number of fused-ring (bicyclic) bond motifs is 1. The van der Waals surface area contributed by atoms with Crippen LogP contribution in [0.4, 0.5) is 18.9 Å². The number of thiophene rings is 1. The van der Waals surface area contributed by atoms with Crippen molar-refractivity contribution in [1.29, 1.82) is 0 Å². The lowest BCUT2D eigenvalue weighted by Gasteiger charge is -2.09. The highest BCUT2D eigenvalue weighted by atomic mass is 35.5. The van der Waals surface area contributed by atoms with Gasteiger partial charge in [0.15, 0.2) is 0 Å². The van der Waals surface area contributed by atoms with E-state index in [9.17, 15) is 21.6 Å². The average molecular weight is 438 g/mol. The number of nitrogens with one attached hydrogen (secondary N) is 1. The van der Waals surface area contributed by atoms with Crippen molar-refractivity contribution >= 4 is 60.5 Å². The van der Waals surface area contributed by atoms with Crippen LogP contribution in [-0.4, -0.2) is 13.9 Å². The second-order valence-corrected chi connectivity index (χ2v) is 9.84. The Hall–Kier alpha value is -1.42. The van der Waals surface area contributed by atoms with Gasteiger partial charge in [-0.3, -0.25) is 4.72 Å². The van der Waals surface area contributed by atoms with Gasteiger partial charge >= 0.3 is 5.51 Å². The lowest BCUT2D eigenvalue weighted by atomic mass is 10.2. The van der Waals surface area contributed by atoms with Crippen LogP contribution in [0.15, 0.2) is 51.6 Å². The molecule has 3 rings (SSSR count). The fraction of sp³-hybridized carbons (Fsp3) is 0.125. The molecule has 1 N–H and O–H groups in total. The summed E-state index contributed by atoms with van der Waals surface area (Å²) in [5, 5.41) is 1.26. The van der Waals surface area contributed by atoms with Gasteiger partial charge in [0.1, 0.15) is 4.21 Å². The monoisotopic (exact) mass is 437 g/mol. The van der Waals surface area contributed by atoms with Crippen LogP contribution in [0.2, 0.25) is 5.02 Å². The number of sulfonamides is 1. The molecule has 0 fully saturated rings. The van der Waals surface area contributed by atoms with E-state index in [4.69, 9.17) is 11.6 Å². The number of hydrogen-bond acceptors (Lipinski definition) is 4. The van der Waals surface area contributed by atoms with Crippen molar-refractivity contribution in [2.75, 3.05) is 4.72 Å². The molecule has 0 spiro atoms. The van der Waals surface area contributed by atoms with E-state index in [1.165, 1.54) is 24.3 Å². The van der Waals surface area contributed by atoms with E-state index in [0.29, 0.717) is 10.6 Å². The molecule has 0 radical (unpaired) electrons. The summed E-state index contributed by atoms with van der Waals surface area (Å²) in [4.78, 5) is -0.0202. The number of halogens is 4. The number of alkyl halides is 3. The van der Waals surface area contributed by atoms with E-state index >= 15 is 0 Å². The first-order valence-corrected chi connectivity index (χ1v) is 10.6. The first-order chi connectivity index (χ1) is 12.0. The Morgan fingerprint density at radius 1 is 1.12 bits per heavy atom. The van der Waals surface area contributed by atoms with E-state index in [2.05, 4.69) is 4.72 Å². The third kappa shape index (κ3) is 4.28. The molecular weight excluding hydrogens is 427 g/mol. The number of hydrogen-bond donors (Lipinski definition) is 1. The van der Waals surface area contributed by atoms with Gasteiger partial charge in [-0.1, -0.05) is 11.6 Å². The van der Waals surface area contributed by atoms with Gasteiger partial charge in [-0.2, -0.15) is 13.2 Å². The summed E-state index contributed by atoms with van der Waals surface area (Å²) in [5.41, 5.74) is -3.63. The maximum Gasteiger partial charge on any atom is 0.446 e. The Morgan fingerprint density at radius 2 is 1.77 bits per heavy atom. The molecule has 0 unspecified atom stereocenters. The van der Waals surface area contributed by atoms with Crippen LogP contribution in [0.25, 0.3) is 10.1 Å². The third-order valence-corrected chi connectivity index (χ3v) is 7.69. The lowest BCUT2D eigenvalue weighted by molar-refractivity contribution is -0.0328. The highest BCUT2D eigenvalue weighted by molar-refractivity contribution is 8.00. The maximum absolute atomic E-state index is 12.7. The fourth-order valence-electron chi connectivity index (χ4n) is 2.35. The number of aryl methyl sites for hydroxylation is 1. The topological polar surface area (TPSA) is 46.2 Å². The molecule has 0 aliphatic heterocycles. The summed E-state index contributed by atoms with van der Waals surface area (Å²) in [6.45, 7) is 1.69. The summed E-state index contributed by atoms with van der Waals surface area (Å²) < 4.78 is 65.7. The van der Waals surface area contributed by atoms with Crippen molar-refractivity contribution in [2.24, 2.45) is 0 Å². The molecule has 0 aliphatic carbocycles. The summed E-state index contributed by atoms with van der Waals surface area (Å²) in [7, 11) is -3.87. The van der Waals surface area contributed by atoms with Crippen LogP contribution < -0.4 is 4.72 Å². The molecule has 0 amide bonds. The highest BCUT2D eigenvalue weighted by Gasteiger charge is 2.29. The van der Waals surface area contributed by atoms with Crippen molar-refractivity contribution in [3.05, 3.63) is 53.1 Å². The molecular formula is C16H11ClF3NO2S3. The van der Waals surface area contributed by atoms with E-state index in [1.54, 1.807) is 25.1 Å². The van der Waals surface area contributed by atoms with Crippen LogP contribution in [-0.2, 0) is 10.0 Å². The lowest BCUT2D eigenvalue weighted by Crippen LogP contribution is -2.12. The van der Waals surface area contributed by atoms with E-state index in [1.807, 2.05) is 0 Å². The first kappa shape index (κ1) is 19.3. The van der Waals surface area contributed by atoms with Gasteiger partial charge in [-0.25, -0.2) is 8.42 Å². The van der Waals surface area contributed by atoms with E-state index in [0.717, 1.165) is 21.4 Å². The second-order valence-electron chi connectivity index (χ2n) is 5.33. The van der Waals surface area contributed by atoms with Crippen molar-refractivity contribution in [3.8, 4) is 0 Å². The summed E-state index contributed by atoms with van der Waals surface area (Å²) in [6.07, 6.45) is 0. The second kappa shape index (κ2) is 6.95. The minimum Gasteiger partial charge on any atom is -0.279 e. The van der Waals surface area contributed by atoms with Crippen LogP contribution in [0.5, 0.6) is 0 Å². The van der Waals surface area contributed by atoms with E-state index in [-0.39, 0.29) is 26.6 Å². The molecule has 26 heavy (non-hydrogen) atoms. The predicted octanol–water partition coefficient (Wildman–Crippen LogP) is 6.28.